The van der Waals surface area contributed by atoms with Gasteiger partial charge in [-0.15, -0.1) is 0 Å². The lowest BCUT2D eigenvalue weighted by Crippen LogP contribution is -2.19. The molecule has 0 radical (unpaired) electrons. The summed E-state index contributed by atoms with van der Waals surface area (Å²) in [6, 6.07) is 15.9. The molecule has 2 aromatic rings. The van der Waals surface area contributed by atoms with E-state index in [9.17, 15) is 20.2 Å². The second-order valence-corrected chi connectivity index (χ2v) is 4.35. The maximum absolute atomic E-state index is 10.8. The first-order chi connectivity index (χ1) is 9.58. The summed E-state index contributed by atoms with van der Waals surface area (Å²) >= 11 is 0. The average molecular weight is 272 g/mol. The molecule has 102 valence electrons. The normalized spacial score (nSPS) is 10.4. The van der Waals surface area contributed by atoms with Gasteiger partial charge in [-0.05, 0) is 29.7 Å². The predicted molar refractivity (Wildman–Crippen MR) is 72.4 cm³/mol. The molecule has 2 aromatic carbocycles. The number of hydrogen-bond acceptors (Lipinski definition) is 4. The molecule has 0 aliphatic carbocycles. The first-order valence-electron chi connectivity index (χ1n) is 5.97. The summed E-state index contributed by atoms with van der Waals surface area (Å²) in [5.41, 5.74) is 1.94. The number of rotatable bonds is 5. The van der Waals surface area contributed by atoms with E-state index in [4.69, 9.17) is 0 Å². The molecule has 0 bridgehead atoms. The minimum Gasteiger partial charge on any atom is -0.258 e. The van der Waals surface area contributed by atoms with Crippen LogP contribution < -0.4 is 0 Å². The highest BCUT2D eigenvalue weighted by atomic mass is 16.7. The molecule has 0 aliphatic rings. The second kappa shape index (κ2) is 5.92. The molecule has 0 saturated carbocycles. The summed E-state index contributed by atoms with van der Waals surface area (Å²) in [6.07, 6.45) is -1.33. The largest absolute Gasteiger partial charge is 0.476 e. The van der Waals surface area contributed by atoms with Crippen molar-refractivity contribution in [3.63, 3.8) is 0 Å². The summed E-state index contributed by atoms with van der Waals surface area (Å²) in [7, 11) is 0. The van der Waals surface area contributed by atoms with Crippen molar-refractivity contribution in [2.75, 3.05) is 0 Å². The van der Waals surface area contributed by atoms with Crippen LogP contribution in [0.1, 0.15) is 22.9 Å². The Labute approximate surface area is 115 Å². The van der Waals surface area contributed by atoms with Crippen LogP contribution in [-0.2, 0) is 6.42 Å². The Hall–Kier alpha value is -2.76. The molecule has 0 atom stereocenters. The van der Waals surface area contributed by atoms with Crippen LogP contribution in [0.2, 0.25) is 0 Å². The van der Waals surface area contributed by atoms with Gasteiger partial charge in [-0.2, -0.15) is 0 Å². The van der Waals surface area contributed by atoms with Gasteiger partial charge in [-0.1, -0.05) is 42.5 Å². The third kappa shape index (κ3) is 3.17. The SMILES string of the molecule is O=[N+]([O-])C(c1cccc(Cc2ccccc2)c1)[N+](=O)[O-]. The lowest BCUT2D eigenvalue weighted by Gasteiger charge is -2.05. The van der Waals surface area contributed by atoms with Gasteiger partial charge < -0.3 is 0 Å². The lowest BCUT2D eigenvalue weighted by molar-refractivity contribution is -0.752. The van der Waals surface area contributed by atoms with Crippen molar-refractivity contribution in [3.05, 3.63) is 91.5 Å². The topological polar surface area (TPSA) is 86.3 Å². The molecule has 6 heteroatoms. The molecule has 0 aliphatic heterocycles. The highest BCUT2D eigenvalue weighted by Gasteiger charge is 2.34. The molecule has 0 saturated heterocycles. The summed E-state index contributed by atoms with van der Waals surface area (Å²) in [5, 5.41) is 21.5. The quantitative estimate of drug-likeness (QED) is 0.475. The van der Waals surface area contributed by atoms with E-state index in [1.165, 1.54) is 12.1 Å². The summed E-state index contributed by atoms with van der Waals surface area (Å²) in [5.74, 6) is 0. The molecule has 0 spiro atoms. The van der Waals surface area contributed by atoms with E-state index in [-0.39, 0.29) is 5.56 Å². The highest BCUT2D eigenvalue weighted by molar-refractivity contribution is 5.29. The van der Waals surface area contributed by atoms with Crippen molar-refractivity contribution in [1.29, 1.82) is 0 Å². The summed E-state index contributed by atoms with van der Waals surface area (Å²) in [4.78, 5) is 19.8. The van der Waals surface area contributed by atoms with Crippen LogP contribution >= 0.6 is 0 Å². The molecule has 2 rings (SSSR count). The minimum atomic E-state index is -1.91. The van der Waals surface area contributed by atoms with Crippen LogP contribution in [0.4, 0.5) is 0 Å². The zero-order valence-corrected chi connectivity index (χ0v) is 10.5. The van der Waals surface area contributed by atoms with Crippen molar-refractivity contribution in [3.8, 4) is 0 Å². The Bertz CT molecular complexity index is 614. The molecule has 6 nitrogen and oxygen atoms in total. The van der Waals surface area contributed by atoms with Crippen molar-refractivity contribution in [2.24, 2.45) is 0 Å². The monoisotopic (exact) mass is 272 g/mol. The van der Waals surface area contributed by atoms with E-state index in [0.29, 0.717) is 6.42 Å². The van der Waals surface area contributed by atoms with Crippen LogP contribution in [0, 0.1) is 20.2 Å². The fourth-order valence-electron chi connectivity index (χ4n) is 2.02. The molecular weight excluding hydrogens is 260 g/mol. The van der Waals surface area contributed by atoms with Crippen molar-refractivity contribution in [1.82, 2.24) is 0 Å². The van der Waals surface area contributed by atoms with Gasteiger partial charge in [-0.3, -0.25) is 20.2 Å². The van der Waals surface area contributed by atoms with Crippen molar-refractivity contribution < 1.29 is 9.85 Å². The smallest absolute Gasteiger partial charge is 0.258 e. The predicted octanol–water partition coefficient (Wildman–Crippen LogP) is 2.83. The van der Waals surface area contributed by atoms with Crippen LogP contribution in [0.5, 0.6) is 0 Å². The lowest BCUT2D eigenvalue weighted by atomic mass is 10.0. The zero-order chi connectivity index (χ0) is 14.5. The van der Waals surface area contributed by atoms with Gasteiger partial charge in [0, 0.05) is 0 Å². The van der Waals surface area contributed by atoms with E-state index >= 15 is 0 Å². The van der Waals surface area contributed by atoms with Crippen LogP contribution in [0.15, 0.2) is 54.6 Å². The zero-order valence-electron chi connectivity index (χ0n) is 10.5. The minimum absolute atomic E-state index is 0.0911. The first kappa shape index (κ1) is 13.7. The van der Waals surface area contributed by atoms with Gasteiger partial charge in [0.15, 0.2) is 0 Å². The van der Waals surface area contributed by atoms with E-state index in [1.54, 1.807) is 12.1 Å². The molecule has 0 N–H and O–H groups in total. The van der Waals surface area contributed by atoms with Gasteiger partial charge >= 0.3 is 6.17 Å². The standard InChI is InChI=1S/C14H12N2O4/c17-15(18)14(16(19)20)13-8-4-7-12(10-13)9-11-5-2-1-3-6-11/h1-8,10,14H,9H2. The fourth-order valence-corrected chi connectivity index (χ4v) is 2.02. The maximum Gasteiger partial charge on any atom is 0.476 e. The molecule has 0 aromatic heterocycles. The number of nitro groups is 2. The third-order valence-corrected chi connectivity index (χ3v) is 2.90. The molecule has 0 fully saturated rings. The second-order valence-electron chi connectivity index (χ2n) is 4.35. The highest BCUT2D eigenvalue weighted by Crippen LogP contribution is 2.20. The molecule has 0 amide bonds. The summed E-state index contributed by atoms with van der Waals surface area (Å²) < 4.78 is 0. The number of nitrogens with zero attached hydrogens (tertiary/aromatic N) is 2. The first-order valence-corrected chi connectivity index (χ1v) is 5.97. The van der Waals surface area contributed by atoms with Crippen molar-refractivity contribution >= 4 is 0 Å². The molecule has 0 unspecified atom stereocenters. The van der Waals surface area contributed by atoms with E-state index in [0.717, 1.165) is 11.1 Å². The third-order valence-electron chi connectivity index (χ3n) is 2.90. The number of hydrogen-bond donors (Lipinski definition) is 0. The van der Waals surface area contributed by atoms with E-state index < -0.39 is 16.0 Å². The van der Waals surface area contributed by atoms with Crippen molar-refractivity contribution in [2.45, 2.75) is 12.6 Å². The van der Waals surface area contributed by atoms with Gasteiger partial charge in [0.25, 0.3) is 0 Å². The Kier molecular flexibility index (Phi) is 4.05. The molecule has 20 heavy (non-hydrogen) atoms. The fraction of sp³-hybridized carbons (Fsp3) is 0.143. The Morgan fingerprint density at radius 2 is 1.45 bits per heavy atom. The van der Waals surface area contributed by atoms with Crippen LogP contribution in [0.25, 0.3) is 0 Å². The van der Waals surface area contributed by atoms with Gasteiger partial charge in [0.05, 0.1) is 0 Å². The summed E-state index contributed by atoms with van der Waals surface area (Å²) in [6.45, 7) is 0. The van der Waals surface area contributed by atoms with Gasteiger partial charge in [-0.25, -0.2) is 0 Å². The Morgan fingerprint density at radius 3 is 2.05 bits per heavy atom. The van der Waals surface area contributed by atoms with Crippen LogP contribution in [0.3, 0.4) is 0 Å². The molecule has 0 heterocycles. The average Bonchev–Trinajstić information content (AvgIpc) is 2.39. The Balaban J connectivity index is 2.28. The van der Waals surface area contributed by atoms with E-state index in [2.05, 4.69) is 0 Å². The Morgan fingerprint density at radius 1 is 0.850 bits per heavy atom. The van der Waals surface area contributed by atoms with Gasteiger partial charge in [0.1, 0.15) is 15.4 Å². The maximum atomic E-state index is 10.8. The van der Waals surface area contributed by atoms with E-state index in [1.807, 2.05) is 30.3 Å². The number of benzene rings is 2. The van der Waals surface area contributed by atoms with Crippen LogP contribution in [-0.4, -0.2) is 9.85 Å². The molecular formula is C14H12N2O4. The van der Waals surface area contributed by atoms with Gasteiger partial charge in [0.2, 0.25) is 0 Å².